The number of ether oxygens (including phenoxy) is 2. The SMILES string of the molecule is COCCOCCCCn1c(=S)[nH]c2ccc(C)nc21. The van der Waals surface area contributed by atoms with Gasteiger partial charge in [-0.05, 0) is 44.1 Å². The number of pyridine rings is 1. The van der Waals surface area contributed by atoms with Crippen molar-refractivity contribution in [2.45, 2.75) is 26.3 Å². The molecule has 0 radical (unpaired) electrons. The minimum atomic E-state index is 0.650. The fourth-order valence-corrected chi connectivity index (χ4v) is 2.34. The molecule has 0 atom stereocenters. The highest BCUT2D eigenvalue weighted by Gasteiger charge is 2.05. The molecule has 0 unspecified atom stereocenters. The molecule has 0 aliphatic rings. The Hall–Kier alpha value is -1.24. The third-order valence-corrected chi connectivity index (χ3v) is 3.43. The van der Waals surface area contributed by atoms with E-state index < -0.39 is 0 Å². The molecule has 0 aromatic carbocycles. The molecule has 0 saturated heterocycles. The van der Waals surface area contributed by atoms with Crippen molar-refractivity contribution >= 4 is 23.4 Å². The summed E-state index contributed by atoms with van der Waals surface area (Å²) in [5, 5.41) is 0. The maximum atomic E-state index is 5.45. The van der Waals surface area contributed by atoms with Gasteiger partial charge in [0.1, 0.15) is 0 Å². The van der Waals surface area contributed by atoms with Crippen molar-refractivity contribution in [3.63, 3.8) is 0 Å². The van der Waals surface area contributed by atoms with E-state index in [1.807, 2.05) is 19.1 Å². The van der Waals surface area contributed by atoms with Crippen LogP contribution in [0.5, 0.6) is 0 Å². The molecule has 0 spiro atoms. The quantitative estimate of drug-likeness (QED) is 0.601. The van der Waals surface area contributed by atoms with E-state index in [9.17, 15) is 0 Å². The topological polar surface area (TPSA) is 52.1 Å². The monoisotopic (exact) mass is 295 g/mol. The van der Waals surface area contributed by atoms with Gasteiger partial charge < -0.3 is 19.0 Å². The van der Waals surface area contributed by atoms with Crippen LogP contribution < -0.4 is 0 Å². The van der Waals surface area contributed by atoms with Gasteiger partial charge in [-0.15, -0.1) is 0 Å². The molecule has 2 rings (SSSR count). The van der Waals surface area contributed by atoms with E-state index in [0.29, 0.717) is 13.2 Å². The highest BCUT2D eigenvalue weighted by Crippen LogP contribution is 2.13. The molecule has 5 nitrogen and oxygen atoms in total. The molecule has 0 saturated carbocycles. The van der Waals surface area contributed by atoms with Crippen LogP contribution in [-0.4, -0.2) is 41.5 Å². The average molecular weight is 295 g/mol. The summed E-state index contributed by atoms with van der Waals surface area (Å²) in [4.78, 5) is 7.74. The van der Waals surface area contributed by atoms with Crippen LogP contribution in [0.3, 0.4) is 0 Å². The molecule has 2 aromatic rings. The van der Waals surface area contributed by atoms with Gasteiger partial charge in [0.05, 0.1) is 18.7 Å². The Kier molecular flexibility index (Phi) is 5.70. The summed E-state index contributed by atoms with van der Waals surface area (Å²) in [5.41, 5.74) is 2.94. The van der Waals surface area contributed by atoms with E-state index in [4.69, 9.17) is 21.7 Å². The molecule has 20 heavy (non-hydrogen) atoms. The molecule has 0 amide bonds. The molecule has 0 aliphatic carbocycles. The van der Waals surface area contributed by atoms with Gasteiger partial charge in [-0.25, -0.2) is 4.98 Å². The second-order valence-corrected chi connectivity index (χ2v) is 5.10. The van der Waals surface area contributed by atoms with Crippen LogP contribution in [0.1, 0.15) is 18.5 Å². The minimum Gasteiger partial charge on any atom is -0.382 e. The average Bonchev–Trinajstić information content (AvgIpc) is 2.73. The van der Waals surface area contributed by atoms with Crippen LogP contribution in [0, 0.1) is 11.7 Å². The molecular weight excluding hydrogens is 274 g/mol. The Morgan fingerprint density at radius 3 is 2.90 bits per heavy atom. The zero-order valence-corrected chi connectivity index (χ0v) is 12.8. The smallest absolute Gasteiger partial charge is 0.179 e. The summed E-state index contributed by atoms with van der Waals surface area (Å²) in [6.45, 7) is 4.92. The number of fused-ring (bicyclic) bond motifs is 1. The Labute approximate surface area is 123 Å². The zero-order valence-electron chi connectivity index (χ0n) is 12.0. The molecule has 0 bridgehead atoms. The third kappa shape index (κ3) is 3.88. The molecule has 110 valence electrons. The highest BCUT2D eigenvalue weighted by molar-refractivity contribution is 7.71. The molecule has 2 heterocycles. The Bertz CT molecular complexity index is 606. The van der Waals surface area contributed by atoms with Gasteiger partial charge in [0.15, 0.2) is 10.4 Å². The number of unbranched alkanes of at least 4 members (excludes halogenated alkanes) is 1. The number of nitrogens with zero attached hydrogens (tertiary/aromatic N) is 2. The maximum absolute atomic E-state index is 5.45. The Morgan fingerprint density at radius 2 is 2.10 bits per heavy atom. The van der Waals surface area contributed by atoms with Gasteiger partial charge in [-0.3, -0.25) is 0 Å². The fourth-order valence-electron chi connectivity index (χ4n) is 2.05. The van der Waals surface area contributed by atoms with Crippen molar-refractivity contribution in [1.82, 2.24) is 14.5 Å². The lowest BCUT2D eigenvalue weighted by Crippen LogP contribution is -2.05. The van der Waals surface area contributed by atoms with Crippen LogP contribution in [0.15, 0.2) is 12.1 Å². The van der Waals surface area contributed by atoms with E-state index in [1.54, 1.807) is 7.11 Å². The third-order valence-electron chi connectivity index (χ3n) is 3.11. The first-order valence-electron chi connectivity index (χ1n) is 6.85. The summed E-state index contributed by atoms with van der Waals surface area (Å²) in [5.74, 6) is 0. The van der Waals surface area contributed by atoms with Gasteiger partial charge in [-0.1, -0.05) is 0 Å². The molecule has 6 heteroatoms. The Balaban J connectivity index is 1.88. The van der Waals surface area contributed by atoms with E-state index in [0.717, 1.165) is 47.6 Å². The summed E-state index contributed by atoms with van der Waals surface area (Å²) < 4.78 is 13.2. The summed E-state index contributed by atoms with van der Waals surface area (Å²) >= 11 is 5.35. The number of rotatable bonds is 8. The number of hydrogen-bond donors (Lipinski definition) is 1. The summed E-state index contributed by atoms with van der Waals surface area (Å²) in [7, 11) is 1.68. The zero-order chi connectivity index (χ0) is 14.4. The van der Waals surface area contributed by atoms with Crippen LogP contribution in [0.25, 0.3) is 11.2 Å². The second kappa shape index (κ2) is 7.52. The van der Waals surface area contributed by atoms with E-state index in [2.05, 4.69) is 14.5 Å². The first-order valence-corrected chi connectivity index (χ1v) is 7.26. The first kappa shape index (κ1) is 15.2. The van der Waals surface area contributed by atoms with Crippen LogP contribution >= 0.6 is 12.2 Å². The largest absolute Gasteiger partial charge is 0.382 e. The fraction of sp³-hybridized carbons (Fsp3) is 0.571. The standard InChI is InChI=1S/C14H21N3O2S/c1-11-5-6-12-13(15-11)17(14(20)16-12)7-3-4-8-19-10-9-18-2/h5-6H,3-4,7-10H2,1-2H3,(H,16,20). The van der Waals surface area contributed by atoms with Crippen LogP contribution in [-0.2, 0) is 16.0 Å². The normalized spacial score (nSPS) is 11.3. The lowest BCUT2D eigenvalue weighted by molar-refractivity contribution is 0.0684. The van der Waals surface area contributed by atoms with Gasteiger partial charge in [-0.2, -0.15) is 0 Å². The summed E-state index contributed by atoms with van der Waals surface area (Å²) in [6.07, 6.45) is 2.02. The lowest BCUT2D eigenvalue weighted by atomic mass is 10.3. The number of methoxy groups -OCH3 is 1. The predicted molar refractivity (Wildman–Crippen MR) is 81.6 cm³/mol. The van der Waals surface area contributed by atoms with Crippen LogP contribution in [0.2, 0.25) is 0 Å². The molecular formula is C14H21N3O2S. The van der Waals surface area contributed by atoms with Crippen LogP contribution in [0.4, 0.5) is 0 Å². The van der Waals surface area contributed by atoms with Gasteiger partial charge in [0.25, 0.3) is 0 Å². The van der Waals surface area contributed by atoms with E-state index in [-0.39, 0.29) is 0 Å². The second-order valence-electron chi connectivity index (χ2n) is 4.72. The number of aromatic nitrogens is 3. The van der Waals surface area contributed by atoms with Gasteiger partial charge in [0, 0.05) is 26.0 Å². The molecule has 0 aliphatic heterocycles. The van der Waals surface area contributed by atoms with Crippen molar-refractivity contribution in [3.05, 3.63) is 22.6 Å². The number of aryl methyl sites for hydroxylation is 2. The van der Waals surface area contributed by atoms with E-state index in [1.165, 1.54) is 0 Å². The number of H-pyrrole nitrogens is 1. The lowest BCUT2D eigenvalue weighted by Gasteiger charge is -2.05. The van der Waals surface area contributed by atoms with E-state index >= 15 is 0 Å². The molecule has 0 fully saturated rings. The first-order chi connectivity index (χ1) is 9.72. The van der Waals surface area contributed by atoms with Crippen molar-refractivity contribution in [1.29, 1.82) is 0 Å². The van der Waals surface area contributed by atoms with Gasteiger partial charge >= 0.3 is 0 Å². The van der Waals surface area contributed by atoms with Crippen molar-refractivity contribution in [2.24, 2.45) is 0 Å². The minimum absolute atomic E-state index is 0.650. The predicted octanol–water partition coefficient (Wildman–Crippen LogP) is 2.85. The van der Waals surface area contributed by atoms with Crippen molar-refractivity contribution in [2.75, 3.05) is 26.9 Å². The van der Waals surface area contributed by atoms with Crippen molar-refractivity contribution in [3.8, 4) is 0 Å². The van der Waals surface area contributed by atoms with Gasteiger partial charge in [0.2, 0.25) is 0 Å². The number of aromatic amines is 1. The number of hydrogen-bond acceptors (Lipinski definition) is 4. The molecule has 2 aromatic heterocycles. The van der Waals surface area contributed by atoms with Crippen molar-refractivity contribution < 1.29 is 9.47 Å². The molecule has 1 N–H and O–H groups in total. The Morgan fingerprint density at radius 1 is 1.25 bits per heavy atom. The maximum Gasteiger partial charge on any atom is 0.179 e. The highest BCUT2D eigenvalue weighted by atomic mass is 32.1. The summed E-state index contributed by atoms with van der Waals surface area (Å²) in [6, 6.07) is 4.01. The number of nitrogens with one attached hydrogen (secondary N) is 1. The number of imidazole rings is 1.